The highest BCUT2D eigenvalue weighted by Crippen LogP contribution is 2.38. The number of hydrogen-bond donors (Lipinski definition) is 3. The van der Waals surface area contributed by atoms with Gasteiger partial charge in [-0.2, -0.15) is 0 Å². The number of carbonyl (C=O) groups is 3. The summed E-state index contributed by atoms with van der Waals surface area (Å²) in [5.41, 5.74) is -0.355. The summed E-state index contributed by atoms with van der Waals surface area (Å²) < 4.78 is 0. The quantitative estimate of drug-likeness (QED) is 0.709. The van der Waals surface area contributed by atoms with Gasteiger partial charge in [-0.1, -0.05) is 13.3 Å². The Hall–Kier alpha value is -1.59. The van der Waals surface area contributed by atoms with Crippen LogP contribution in [0, 0.1) is 17.8 Å². The minimum Gasteiger partial charge on any atom is -0.481 e. The molecule has 0 spiro atoms. The van der Waals surface area contributed by atoms with E-state index in [0.717, 1.165) is 6.42 Å². The molecule has 0 radical (unpaired) electrons. The van der Waals surface area contributed by atoms with E-state index in [4.69, 9.17) is 0 Å². The van der Waals surface area contributed by atoms with Crippen LogP contribution in [0.2, 0.25) is 0 Å². The zero-order valence-electron chi connectivity index (χ0n) is 13.2. The number of nitrogens with one attached hydrogen (secondary N) is 2. The molecular formula is C15H26N2O4. The first kappa shape index (κ1) is 17.5. The molecule has 1 aliphatic rings. The topological polar surface area (TPSA) is 95.5 Å². The average Bonchev–Trinajstić information content (AvgIpc) is 2.78. The Balaban J connectivity index is 2.54. The lowest BCUT2D eigenvalue weighted by atomic mass is 9.95. The molecule has 3 atom stereocenters. The molecule has 0 aliphatic heterocycles. The third-order valence-corrected chi connectivity index (χ3v) is 3.83. The molecule has 6 heteroatoms. The molecule has 21 heavy (non-hydrogen) atoms. The molecule has 1 fully saturated rings. The second-order valence-corrected chi connectivity index (χ2v) is 6.81. The van der Waals surface area contributed by atoms with Crippen LogP contribution in [-0.4, -0.2) is 35.0 Å². The summed E-state index contributed by atoms with van der Waals surface area (Å²) in [7, 11) is 0. The molecule has 0 aromatic rings. The smallest absolute Gasteiger partial charge is 0.307 e. The van der Waals surface area contributed by atoms with Gasteiger partial charge in [0.2, 0.25) is 11.8 Å². The van der Waals surface area contributed by atoms with E-state index in [0.29, 0.717) is 12.8 Å². The number of amides is 2. The van der Waals surface area contributed by atoms with Gasteiger partial charge in [-0.05, 0) is 39.5 Å². The van der Waals surface area contributed by atoms with Gasteiger partial charge in [0.25, 0.3) is 0 Å². The van der Waals surface area contributed by atoms with E-state index < -0.39 is 17.8 Å². The predicted octanol–water partition coefficient (Wildman–Crippen LogP) is 1.15. The van der Waals surface area contributed by atoms with Gasteiger partial charge in [-0.3, -0.25) is 14.4 Å². The largest absolute Gasteiger partial charge is 0.481 e. The lowest BCUT2D eigenvalue weighted by Gasteiger charge is -2.21. The number of aliphatic carboxylic acids is 1. The molecule has 120 valence electrons. The molecule has 6 nitrogen and oxygen atoms in total. The number of carboxylic acids is 1. The first-order valence-electron chi connectivity index (χ1n) is 7.45. The Morgan fingerprint density at radius 2 is 1.71 bits per heavy atom. The third-order valence-electron chi connectivity index (χ3n) is 3.83. The molecule has 0 saturated heterocycles. The Bertz CT molecular complexity index is 414. The number of rotatable bonds is 5. The van der Waals surface area contributed by atoms with Crippen LogP contribution in [-0.2, 0) is 14.4 Å². The summed E-state index contributed by atoms with van der Waals surface area (Å²) in [4.78, 5) is 35.1. The van der Waals surface area contributed by atoms with Crippen LogP contribution in [0.25, 0.3) is 0 Å². The minimum atomic E-state index is -0.926. The van der Waals surface area contributed by atoms with Crippen molar-refractivity contribution in [3.05, 3.63) is 0 Å². The maximum absolute atomic E-state index is 12.1. The van der Waals surface area contributed by atoms with E-state index in [1.807, 2.05) is 27.7 Å². The molecule has 1 saturated carbocycles. The normalized spacial score (nSPS) is 25.4. The summed E-state index contributed by atoms with van der Waals surface area (Å²) in [6.07, 6.45) is 2.00. The molecular weight excluding hydrogens is 272 g/mol. The monoisotopic (exact) mass is 298 g/mol. The van der Waals surface area contributed by atoms with E-state index in [1.54, 1.807) is 0 Å². The Kier molecular flexibility index (Phi) is 5.75. The van der Waals surface area contributed by atoms with E-state index in [9.17, 15) is 19.5 Å². The van der Waals surface area contributed by atoms with Gasteiger partial charge < -0.3 is 15.7 Å². The van der Waals surface area contributed by atoms with Crippen LogP contribution in [0.3, 0.4) is 0 Å². The first-order valence-corrected chi connectivity index (χ1v) is 7.45. The number of hydrogen-bond acceptors (Lipinski definition) is 3. The average molecular weight is 298 g/mol. The van der Waals surface area contributed by atoms with Gasteiger partial charge in [-0.25, -0.2) is 0 Å². The second kappa shape index (κ2) is 6.91. The minimum absolute atomic E-state index is 0.115. The van der Waals surface area contributed by atoms with Crippen molar-refractivity contribution >= 4 is 17.8 Å². The fourth-order valence-electron chi connectivity index (χ4n) is 2.80. The van der Waals surface area contributed by atoms with Crippen molar-refractivity contribution in [1.29, 1.82) is 0 Å². The molecule has 0 aromatic carbocycles. The zero-order valence-corrected chi connectivity index (χ0v) is 13.2. The van der Waals surface area contributed by atoms with Gasteiger partial charge in [0.15, 0.2) is 0 Å². The van der Waals surface area contributed by atoms with Crippen molar-refractivity contribution in [3.8, 4) is 0 Å². The van der Waals surface area contributed by atoms with Gasteiger partial charge in [0, 0.05) is 5.54 Å². The van der Waals surface area contributed by atoms with Crippen molar-refractivity contribution in [2.45, 2.75) is 52.5 Å². The summed E-state index contributed by atoms with van der Waals surface area (Å²) in [5, 5.41) is 14.5. The van der Waals surface area contributed by atoms with Crippen LogP contribution in [0.1, 0.15) is 47.0 Å². The molecule has 1 rings (SSSR count). The molecule has 1 aliphatic carbocycles. The number of carboxylic acid groups (broad SMARTS) is 1. The Labute approximate surface area is 125 Å². The Morgan fingerprint density at radius 1 is 1.14 bits per heavy atom. The highest BCUT2D eigenvalue weighted by atomic mass is 16.4. The number of carbonyl (C=O) groups excluding carboxylic acids is 2. The van der Waals surface area contributed by atoms with Gasteiger partial charge in [-0.15, -0.1) is 0 Å². The van der Waals surface area contributed by atoms with Crippen molar-refractivity contribution < 1.29 is 19.5 Å². The molecule has 3 unspecified atom stereocenters. The van der Waals surface area contributed by atoms with Crippen LogP contribution in [0.4, 0.5) is 0 Å². The fourth-order valence-corrected chi connectivity index (χ4v) is 2.80. The van der Waals surface area contributed by atoms with Crippen molar-refractivity contribution in [1.82, 2.24) is 10.6 Å². The van der Waals surface area contributed by atoms with E-state index in [-0.39, 0.29) is 29.8 Å². The van der Waals surface area contributed by atoms with Crippen molar-refractivity contribution in [2.75, 3.05) is 6.54 Å². The second-order valence-electron chi connectivity index (χ2n) is 6.81. The highest BCUT2D eigenvalue weighted by molar-refractivity contribution is 5.89. The lowest BCUT2D eigenvalue weighted by molar-refractivity contribution is -0.146. The fraction of sp³-hybridized carbons (Fsp3) is 0.800. The SMILES string of the molecule is CCC1CC(C(=O)O)C(C(=O)NCC(=O)NC(C)(C)C)C1. The first-order chi connectivity index (χ1) is 9.64. The van der Waals surface area contributed by atoms with E-state index in [2.05, 4.69) is 10.6 Å². The van der Waals surface area contributed by atoms with Crippen molar-refractivity contribution in [3.63, 3.8) is 0 Å². The summed E-state index contributed by atoms with van der Waals surface area (Å²) >= 11 is 0. The molecule has 2 amide bonds. The summed E-state index contributed by atoms with van der Waals surface area (Å²) in [6, 6.07) is 0. The summed E-state index contributed by atoms with van der Waals surface area (Å²) in [5.74, 6) is -2.43. The van der Waals surface area contributed by atoms with Crippen LogP contribution < -0.4 is 10.6 Å². The van der Waals surface area contributed by atoms with Crippen molar-refractivity contribution in [2.24, 2.45) is 17.8 Å². The molecule has 0 aromatic heterocycles. The summed E-state index contributed by atoms with van der Waals surface area (Å²) in [6.45, 7) is 7.46. The molecule has 0 bridgehead atoms. The maximum Gasteiger partial charge on any atom is 0.307 e. The molecule has 0 heterocycles. The van der Waals surface area contributed by atoms with Crippen LogP contribution in [0.15, 0.2) is 0 Å². The predicted molar refractivity (Wildman–Crippen MR) is 78.5 cm³/mol. The standard InChI is InChI=1S/C15H26N2O4/c1-5-9-6-10(11(7-9)14(20)21)13(19)16-8-12(18)17-15(2,3)4/h9-11H,5-8H2,1-4H3,(H,16,19)(H,17,18)(H,20,21). The highest BCUT2D eigenvalue weighted by Gasteiger charge is 2.42. The van der Waals surface area contributed by atoms with Gasteiger partial charge in [0.1, 0.15) is 0 Å². The van der Waals surface area contributed by atoms with E-state index >= 15 is 0 Å². The lowest BCUT2D eigenvalue weighted by Crippen LogP contribution is -2.47. The van der Waals surface area contributed by atoms with Gasteiger partial charge >= 0.3 is 5.97 Å². The third kappa shape index (κ3) is 5.36. The van der Waals surface area contributed by atoms with Crippen LogP contribution >= 0.6 is 0 Å². The zero-order chi connectivity index (χ0) is 16.2. The van der Waals surface area contributed by atoms with Crippen LogP contribution in [0.5, 0.6) is 0 Å². The van der Waals surface area contributed by atoms with E-state index in [1.165, 1.54) is 0 Å². The molecule has 3 N–H and O–H groups in total. The Morgan fingerprint density at radius 3 is 2.19 bits per heavy atom. The maximum atomic E-state index is 12.1. The van der Waals surface area contributed by atoms with Gasteiger partial charge in [0.05, 0.1) is 18.4 Å².